The second-order valence-electron chi connectivity index (χ2n) is 5.09. The Hall–Kier alpha value is -1.54. The Morgan fingerprint density at radius 2 is 1.90 bits per heavy atom. The van der Waals surface area contributed by atoms with Crippen LogP contribution < -0.4 is 10.5 Å². The highest BCUT2D eigenvalue weighted by atomic mass is 35.5. The van der Waals surface area contributed by atoms with Crippen molar-refractivity contribution in [3.63, 3.8) is 0 Å². The first-order valence-electron chi connectivity index (χ1n) is 6.61. The van der Waals surface area contributed by atoms with Gasteiger partial charge in [-0.05, 0) is 56.2 Å². The van der Waals surface area contributed by atoms with E-state index in [1.807, 2.05) is 45.0 Å². The van der Waals surface area contributed by atoms with Crippen molar-refractivity contribution in [2.75, 3.05) is 0 Å². The van der Waals surface area contributed by atoms with Crippen molar-refractivity contribution < 1.29 is 4.74 Å². The van der Waals surface area contributed by atoms with Gasteiger partial charge in [0, 0.05) is 10.9 Å². The summed E-state index contributed by atoms with van der Waals surface area (Å²) in [5.74, 6) is 0.779. The first-order chi connectivity index (χ1) is 9.92. The minimum Gasteiger partial charge on any atom is -0.483 e. The number of aryl methyl sites for hydroxylation is 2. The molecular weight excluding hydrogens is 304 g/mol. The molecular formula is C16H17ClN2OS. The van der Waals surface area contributed by atoms with E-state index in [1.165, 1.54) is 11.3 Å². The maximum Gasteiger partial charge on any atom is 0.148 e. The van der Waals surface area contributed by atoms with Gasteiger partial charge in [0.05, 0.1) is 16.0 Å². The summed E-state index contributed by atoms with van der Waals surface area (Å²) < 4.78 is 6.87. The molecule has 0 bridgehead atoms. The van der Waals surface area contributed by atoms with E-state index in [0.29, 0.717) is 9.90 Å². The van der Waals surface area contributed by atoms with Gasteiger partial charge >= 0.3 is 0 Å². The van der Waals surface area contributed by atoms with E-state index in [-0.39, 0.29) is 12.1 Å². The Labute approximate surface area is 133 Å². The Balaban J connectivity index is 2.36. The summed E-state index contributed by atoms with van der Waals surface area (Å²) in [6, 6.07) is 9.41. The fourth-order valence-electron chi connectivity index (χ4n) is 2.23. The molecule has 0 saturated carbocycles. The van der Waals surface area contributed by atoms with Crippen LogP contribution in [0.25, 0.3) is 0 Å². The van der Waals surface area contributed by atoms with E-state index < -0.39 is 0 Å². The number of nitrogens with zero attached hydrogens (tertiary/aromatic N) is 1. The van der Waals surface area contributed by atoms with Gasteiger partial charge in [-0.3, -0.25) is 0 Å². The van der Waals surface area contributed by atoms with Gasteiger partial charge in [0.25, 0.3) is 0 Å². The summed E-state index contributed by atoms with van der Waals surface area (Å²) in [7, 11) is 0. The van der Waals surface area contributed by atoms with Gasteiger partial charge in [0.1, 0.15) is 11.9 Å². The summed E-state index contributed by atoms with van der Waals surface area (Å²) in [5.41, 5.74) is 8.56. The van der Waals surface area contributed by atoms with Gasteiger partial charge < -0.3 is 10.5 Å². The lowest BCUT2D eigenvalue weighted by Crippen LogP contribution is -2.28. The zero-order valence-electron chi connectivity index (χ0n) is 12.2. The van der Waals surface area contributed by atoms with Crippen LogP contribution in [0, 0.1) is 25.2 Å². The first kappa shape index (κ1) is 15.8. The van der Waals surface area contributed by atoms with Gasteiger partial charge in [0.15, 0.2) is 0 Å². The van der Waals surface area contributed by atoms with E-state index in [4.69, 9.17) is 27.3 Å². The number of nitrogens with two attached hydrogens (primary N) is 1. The van der Waals surface area contributed by atoms with Crippen LogP contribution in [0.4, 0.5) is 0 Å². The molecule has 1 heterocycles. The van der Waals surface area contributed by atoms with Crippen LogP contribution in [0.1, 0.15) is 34.6 Å². The van der Waals surface area contributed by atoms with Gasteiger partial charge in [-0.2, -0.15) is 5.26 Å². The minimum absolute atomic E-state index is 0.172. The number of ether oxygens (including phenoxy) is 1. The lowest BCUT2D eigenvalue weighted by molar-refractivity contribution is 0.181. The lowest BCUT2D eigenvalue weighted by Gasteiger charge is -2.24. The molecule has 0 spiro atoms. The number of hydrogen-bond donors (Lipinski definition) is 1. The van der Waals surface area contributed by atoms with Crippen molar-refractivity contribution in [3.05, 3.63) is 50.2 Å². The lowest BCUT2D eigenvalue weighted by atomic mass is 10.1. The fraction of sp³-hybridized carbons (Fsp3) is 0.312. The Kier molecular flexibility index (Phi) is 4.89. The zero-order valence-corrected chi connectivity index (χ0v) is 13.8. The van der Waals surface area contributed by atoms with Crippen LogP contribution in [-0.2, 0) is 0 Å². The maximum absolute atomic E-state index is 9.00. The van der Waals surface area contributed by atoms with E-state index in [1.54, 1.807) is 0 Å². The molecule has 1 aromatic carbocycles. The Morgan fingerprint density at radius 3 is 2.33 bits per heavy atom. The van der Waals surface area contributed by atoms with E-state index >= 15 is 0 Å². The third-order valence-corrected chi connectivity index (χ3v) is 4.48. The second-order valence-corrected chi connectivity index (χ2v) is 6.84. The molecule has 2 aromatic rings. The average Bonchev–Trinajstić information content (AvgIpc) is 2.83. The summed E-state index contributed by atoms with van der Waals surface area (Å²) in [5, 5.41) is 9.00. The average molecular weight is 321 g/mol. The van der Waals surface area contributed by atoms with Crippen LogP contribution in [0.2, 0.25) is 4.34 Å². The fourth-order valence-corrected chi connectivity index (χ4v) is 3.44. The number of thiophene rings is 1. The third-order valence-electron chi connectivity index (χ3n) is 3.19. The van der Waals surface area contributed by atoms with Gasteiger partial charge in [-0.15, -0.1) is 11.3 Å². The standard InChI is InChI=1S/C16H17ClN2OS/c1-9-6-12(8-18)7-10(2)15(9)20-16(11(3)19)13-4-5-14(17)21-13/h4-7,11,16H,19H2,1-3H3. The molecule has 1 aromatic heterocycles. The molecule has 2 rings (SSSR count). The van der Waals surface area contributed by atoms with Crippen molar-refractivity contribution in [1.29, 1.82) is 5.26 Å². The molecule has 2 N–H and O–H groups in total. The molecule has 0 fully saturated rings. The molecule has 0 amide bonds. The highest BCUT2D eigenvalue weighted by Gasteiger charge is 2.22. The topological polar surface area (TPSA) is 59.0 Å². The van der Waals surface area contributed by atoms with Crippen LogP contribution in [0.5, 0.6) is 5.75 Å². The van der Waals surface area contributed by atoms with E-state index in [0.717, 1.165) is 21.8 Å². The van der Waals surface area contributed by atoms with E-state index in [9.17, 15) is 0 Å². The van der Waals surface area contributed by atoms with Crippen molar-refractivity contribution >= 4 is 22.9 Å². The quantitative estimate of drug-likeness (QED) is 0.910. The number of hydrogen-bond acceptors (Lipinski definition) is 4. The molecule has 5 heteroatoms. The maximum atomic E-state index is 9.00. The van der Waals surface area contributed by atoms with Crippen LogP contribution in [0.3, 0.4) is 0 Å². The molecule has 0 aliphatic heterocycles. The molecule has 21 heavy (non-hydrogen) atoms. The molecule has 0 aliphatic rings. The monoisotopic (exact) mass is 320 g/mol. The van der Waals surface area contributed by atoms with Crippen LogP contribution in [-0.4, -0.2) is 6.04 Å². The normalized spacial score (nSPS) is 13.5. The molecule has 0 saturated heterocycles. The summed E-state index contributed by atoms with van der Waals surface area (Å²) in [4.78, 5) is 0.998. The Morgan fingerprint density at radius 1 is 1.29 bits per heavy atom. The Bertz CT molecular complexity index is 665. The van der Waals surface area contributed by atoms with E-state index in [2.05, 4.69) is 6.07 Å². The smallest absolute Gasteiger partial charge is 0.148 e. The first-order valence-corrected chi connectivity index (χ1v) is 7.80. The number of nitriles is 1. The predicted octanol–water partition coefficient (Wildman–Crippen LogP) is 4.36. The minimum atomic E-state index is -0.257. The molecule has 0 aliphatic carbocycles. The SMILES string of the molecule is Cc1cc(C#N)cc(C)c1OC(c1ccc(Cl)s1)C(C)N. The highest BCUT2D eigenvalue weighted by molar-refractivity contribution is 7.16. The largest absolute Gasteiger partial charge is 0.483 e. The second kappa shape index (κ2) is 6.48. The number of rotatable bonds is 4. The molecule has 3 nitrogen and oxygen atoms in total. The summed E-state index contributed by atoms with van der Waals surface area (Å²) in [6.07, 6.45) is -0.257. The van der Waals surface area contributed by atoms with Gasteiger partial charge in [-0.1, -0.05) is 11.6 Å². The van der Waals surface area contributed by atoms with Crippen LogP contribution >= 0.6 is 22.9 Å². The number of benzene rings is 1. The molecule has 110 valence electrons. The van der Waals surface area contributed by atoms with Crippen molar-refractivity contribution in [2.45, 2.75) is 32.9 Å². The van der Waals surface area contributed by atoms with Gasteiger partial charge in [-0.25, -0.2) is 0 Å². The summed E-state index contributed by atoms with van der Waals surface area (Å²) >= 11 is 7.47. The molecule has 2 atom stereocenters. The van der Waals surface area contributed by atoms with Gasteiger partial charge in [0.2, 0.25) is 0 Å². The van der Waals surface area contributed by atoms with Crippen LogP contribution in [0.15, 0.2) is 24.3 Å². The zero-order chi connectivity index (χ0) is 15.6. The molecule has 0 radical (unpaired) electrons. The molecule has 2 unspecified atom stereocenters. The predicted molar refractivity (Wildman–Crippen MR) is 87.0 cm³/mol. The third kappa shape index (κ3) is 3.56. The van der Waals surface area contributed by atoms with Crippen molar-refractivity contribution in [2.24, 2.45) is 5.73 Å². The van der Waals surface area contributed by atoms with Crippen molar-refractivity contribution in [1.82, 2.24) is 0 Å². The summed E-state index contributed by atoms with van der Waals surface area (Å²) in [6.45, 7) is 5.78. The number of halogens is 1. The van der Waals surface area contributed by atoms with Crippen molar-refractivity contribution in [3.8, 4) is 11.8 Å². The highest BCUT2D eigenvalue weighted by Crippen LogP contribution is 2.34.